The first-order chi connectivity index (χ1) is 11.6. The Kier molecular flexibility index (Phi) is 3.49. The van der Waals surface area contributed by atoms with Gasteiger partial charge in [-0.25, -0.2) is 9.97 Å². The Morgan fingerprint density at radius 1 is 1.38 bits per heavy atom. The molecule has 3 heterocycles. The maximum absolute atomic E-state index is 12.3. The minimum Gasteiger partial charge on any atom is -0.305 e. The van der Waals surface area contributed by atoms with Crippen molar-refractivity contribution in [2.75, 3.05) is 5.32 Å². The van der Waals surface area contributed by atoms with Gasteiger partial charge in [0.25, 0.3) is 11.5 Å². The lowest BCUT2D eigenvalue weighted by Gasteiger charge is -2.03. The summed E-state index contributed by atoms with van der Waals surface area (Å²) in [5.41, 5.74) is 1.39. The van der Waals surface area contributed by atoms with Crippen LogP contribution >= 0.6 is 11.3 Å². The van der Waals surface area contributed by atoms with Crippen LogP contribution in [0.15, 0.2) is 22.6 Å². The van der Waals surface area contributed by atoms with E-state index in [1.54, 1.807) is 11.6 Å². The molecule has 3 N–H and O–H groups in total. The number of thiazole rings is 1. The maximum atomic E-state index is 12.3. The quantitative estimate of drug-likeness (QED) is 0.671. The third-order valence-electron chi connectivity index (χ3n) is 3.94. The van der Waals surface area contributed by atoms with E-state index >= 15 is 0 Å². The van der Waals surface area contributed by atoms with Crippen LogP contribution in [0.4, 0.5) is 5.82 Å². The summed E-state index contributed by atoms with van der Waals surface area (Å²) in [5, 5.41) is 12.1. The number of hydrogen-bond acceptors (Lipinski definition) is 6. The number of amides is 1. The zero-order chi connectivity index (χ0) is 16.7. The standard InChI is InChI=1S/C15H14N6O2S/c1-7-10(8-2-3-8)20-21-11(7)18-13(22)9-6-17-12(19-14(9)23)15-16-4-5-24-15/h4-6,8H,2-3H2,1H3,(H,17,19,23)(H2,18,20,21,22). The molecule has 9 heteroatoms. The van der Waals surface area contributed by atoms with Crippen molar-refractivity contribution in [3.05, 3.63) is 44.9 Å². The van der Waals surface area contributed by atoms with Crippen LogP contribution in [-0.2, 0) is 0 Å². The Morgan fingerprint density at radius 3 is 2.88 bits per heavy atom. The minimum absolute atomic E-state index is 0.0642. The van der Waals surface area contributed by atoms with E-state index in [0.29, 0.717) is 22.6 Å². The van der Waals surface area contributed by atoms with E-state index in [1.807, 2.05) is 6.92 Å². The molecule has 0 unspecified atom stereocenters. The predicted octanol–water partition coefficient (Wildman–Crippen LogP) is 2.05. The molecule has 1 saturated carbocycles. The second-order valence-electron chi connectivity index (χ2n) is 5.65. The fourth-order valence-corrected chi connectivity index (χ4v) is 3.07. The third-order valence-corrected chi connectivity index (χ3v) is 4.72. The minimum atomic E-state index is -0.536. The van der Waals surface area contributed by atoms with Crippen LogP contribution in [0, 0.1) is 6.92 Å². The molecule has 0 bridgehead atoms. The fourth-order valence-electron chi connectivity index (χ4n) is 2.48. The molecule has 8 nitrogen and oxygen atoms in total. The highest BCUT2D eigenvalue weighted by molar-refractivity contribution is 7.12. The van der Waals surface area contributed by atoms with Gasteiger partial charge in [0.05, 0.1) is 0 Å². The summed E-state index contributed by atoms with van der Waals surface area (Å²) in [5.74, 6) is 0.765. The molecule has 3 aromatic heterocycles. The molecule has 0 radical (unpaired) electrons. The van der Waals surface area contributed by atoms with Crippen molar-refractivity contribution in [1.29, 1.82) is 0 Å². The molecule has 0 aliphatic heterocycles. The largest absolute Gasteiger partial charge is 0.305 e. The van der Waals surface area contributed by atoms with Gasteiger partial charge in [0.15, 0.2) is 16.6 Å². The van der Waals surface area contributed by atoms with E-state index in [0.717, 1.165) is 24.1 Å². The molecular formula is C15H14N6O2S. The Balaban J connectivity index is 1.57. The number of nitrogens with one attached hydrogen (secondary N) is 3. The summed E-state index contributed by atoms with van der Waals surface area (Å²) < 4.78 is 0. The van der Waals surface area contributed by atoms with Crippen molar-refractivity contribution in [3.8, 4) is 10.8 Å². The summed E-state index contributed by atoms with van der Waals surface area (Å²) >= 11 is 1.36. The normalized spacial score (nSPS) is 13.9. The van der Waals surface area contributed by atoms with Crippen molar-refractivity contribution in [2.24, 2.45) is 0 Å². The lowest BCUT2D eigenvalue weighted by atomic mass is 10.2. The third kappa shape index (κ3) is 2.62. The van der Waals surface area contributed by atoms with E-state index < -0.39 is 11.5 Å². The number of hydrogen-bond donors (Lipinski definition) is 3. The highest BCUT2D eigenvalue weighted by Gasteiger charge is 2.28. The predicted molar refractivity (Wildman–Crippen MR) is 89.2 cm³/mol. The van der Waals surface area contributed by atoms with Crippen LogP contribution in [0.2, 0.25) is 0 Å². The van der Waals surface area contributed by atoms with Crippen molar-refractivity contribution >= 4 is 23.1 Å². The monoisotopic (exact) mass is 342 g/mol. The van der Waals surface area contributed by atoms with Gasteiger partial charge in [0, 0.05) is 34.9 Å². The van der Waals surface area contributed by atoms with Gasteiger partial charge in [-0.05, 0) is 19.8 Å². The number of rotatable bonds is 4. The molecule has 1 aliphatic carbocycles. The van der Waals surface area contributed by atoms with Gasteiger partial charge in [-0.2, -0.15) is 5.10 Å². The fraction of sp³-hybridized carbons (Fsp3) is 0.267. The number of carbonyl (C=O) groups is 1. The Morgan fingerprint density at radius 2 is 2.21 bits per heavy atom. The molecule has 3 aromatic rings. The zero-order valence-corrected chi connectivity index (χ0v) is 13.6. The number of carbonyl (C=O) groups excluding carboxylic acids is 1. The zero-order valence-electron chi connectivity index (χ0n) is 12.8. The number of H-pyrrole nitrogens is 2. The molecule has 0 atom stereocenters. The van der Waals surface area contributed by atoms with E-state index in [1.165, 1.54) is 17.5 Å². The number of aromatic amines is 2. The van der Waals surface area contributed by atoms with Gasteiger partial charge in [-0.1, -0.05) is 0 Å². The Labute approximate surface area is 140 Å². The van der Waals surface area contributed by atoms with Gasteiger partial charge in [0.1, 0.15) is 5.56 Å². The van der Waals surface area contributed by atoms with Crippen LogP contribution in [0.5, 0.6) is 0 Å². The van der Waals surface area contributed by atoms with Crippen LogP contribution in [0.3, 0.4) is 0 Å². The lowest BCUT2D eigenvalue weighted by Crippen LogP contribution is -2.24. The van der Waals surface area contributed by atoms with Crippen LogP contribution in [0.1, 0.15) is 40.4 Å². The van der Waals surface area contributed by atoms with Crippen LogP contribution < -0.4 is 10.9 Å². The summed E-state index contributed by atoms with van der Waals surface area (Å²) in [6.07, 6.45) is 5.16. The van der Waals surface area contributed by atoms with Gasteiger partial charge in [-0.15, -0.1) is 11.3 Å². The van der Waals surface area contributed by atoms with E-state index in [4.69, 9.17) is 0 Å². The lowest BCUT2D eigenvalue weighted by molar-refractivity contribution is 0.102. The number of aromatic nitrogens is 5. The topological polar surface area (TPSA) is 116 Å². The molecular weight excluding hydrogens is 328 g/mol. The molecule has 4 rings (SSSR count). The maximum Gasteiger partial charge on any atom is 0.264 e. The van der Waals surface area contributed by atoms with Crippen LogP contribution in [0.25, 0.3) is 10.8 Å². The Bertz CT molecular complexity index is 955. The van der Waals surface area contributed by atoms with Crippen molar-refractivity contribution < 1.29 is 4.79 Å². The molecule has 1 aliphatic rings. The van der Waals surface area contributed by atoms with Crippen molar-refractivity contribution in [2.45, 2.75) is 25.7 Å². The van der Waals surface area contributed by atoms with E-state index in [-0.39, 0.29) is 5.56 Å². The van der Waals surface area contributed by atoms with Crippen molar-refractivity contribution in [1.82, 2.24) is 25.1 Å². The van der Waals surface area contributed by atoms with Gasteiger partial charge in [-0.3, -0.25) is 14.7 Å². The SMILES string of the molecule is Cc1c(NC(=O)c2cnc(-c3nccs3)[nH]c2=O)n[nH]c1C1CC1. The molecule has 24 heavy (non-hydrogen) atoms. The average molecular weight is 342 g/mol. The van der Waals surface area contributed by atoms with E-state index in [2.05, 4.69) is 30.5 Å². The molecule has 122 valence electrons. The Hall–Kier alpha value is -2.81. The molecule has 1 amide bonds. The van der Waals surface area contributed by atoms with E-state index in [9.17, 15) is 9.59 Å². The first kappa shape index (κ1) is 14.8. The molecule has 0 saturated heterocycles. The van der Waals surface area contributed by atoms with Gasteiger partial charge < -0.3 is 10.3 Å². The highest BCUT2D eigenvalue weighted by Crippen LogP contribution is 2.41. The summed E-state index contributed by atoms with van der Waals surface area (Å²) in [4.78, 5) is 35.3. The first-order valence-corrected chi connectivity index (χ1v) is 8.37. The molecule has 0 aromatic carbocycles. The van der Waals surface area contributed by atoms with Gasteiger partial charge >= 0.3 is 0 Å². The van der Waals surface area contributed by atoms with Crippen LogP contribution in [-0.4, -0.2) is 31.1 Å². The van der Waals surface area contributed by atoms with Gasteiger partial charge in [0.2, 0.25) is 0 Å². The van der Waals surface area contributed by atoms with Crippen molar-refractivity contribution in [3.63, 3.8) is 0 Å². The highest BCUT2D eigenvalue weighted by atomic mass is 32.1. The molecule has 0 spiro atoms. The number of anilines is 1. The first-order valence-electron chi connectivity index (χ1n) is 7.49. The molecule has 1 fully saturated rings. The second-order valence-corrected chi connectivity index (χ2v) is 6.55. The summed E-state index contributed by atoms with van der Waals surface area (Å²) in [7, 11) is 0. The summed E-state index contributed by atoms with van der Waals surface area (Å²) in [6.45, 7) is 1.90. The average Bonchev–Trinajstić information content (AvgIpc) is 3.13. The smallest absolute Gasteiger partial charge is 0.264 e. The number of nitrogens with zero attached hydrogens (tertiary/aromatic N) is 3. The second kappa shape index (κ2) is 5.68. The summed E-state index contributed by atoms with van der Waals surface area (Å²) in [6, 6.07) is 0.